The zero-order chi connectivity index (χ0) is 14.4. The van der Waals surface area contributed by atoms with Crippen molar-refractivity contribution in [3.05, 3.63) is 46.1 Å². The van der Waals surface area contributed by atoms with Gasteiger partial charge in [0.1, 0.15) is 5.69 Å². The van der Waals surface area contributed by atoms with Crippen molar-refractivity contribution in [1.29, 1.82) is 0 Å². The SMILES string of the molecule is COCCn1nc(C(=O)NCc2cn[nH]c2)ccc1=O. The molecule has 2 rings (SSSR count). The lowest BCUT2D eigenvalue weighted by Crippen LogP contribution is -2.30. The summed E-state index contributed by atoms with van der Waals surface area (Å²) in [6.45, 7) is 0.999. The van der Waals surface area contributed by atoms with Gasteiger partial charge in [-0.15, -0.1) is 0 Å². The van der Waals surface area contributed by atoms with Crippen LogP contribution in [0.3, 0.4) is 0 Å². The Morgan fingerprint density at radius 3 is 3.05 bits per heavy atom. The Morgan fingerprint density at radius 2 is 2.35 bits per heavy atom. The molecule has 0 aromatic carbocycles. The van der Waals surface area contributed by atoms with Crippen molar-refractivity contribution in [2.24, 2.45) is 0 Å². The number of ether oxygens (including phenoxy) is 1. The van der Waals surface area contributed by atoms with Crippen LogP contribution < -0.4 is 10.9 Å². The van der Waals surface area contributed by atoms with Gasteiger partial charge in [0, 0.05) is 31.5 Å². The number of rotatable bonds is 6. The summed E-state index contributed by atoms with van der Waals surface area (Å²) in [5.74, 6) is -0.350. The van der Waals surface area contributed by atoms with Crippen LogP contribution in [0.1, 0.15) is 16.1 Å². The molecule has 0 aliphatic carbocycles. The van der Waals surface area contributed by atoms with Crippen molar-refractivity contribution in [2.75, 3.05) is 13.7 Å². The minimum atomic E-state index is -0.350. The first-order valence-corrected chi connectivity index (χ1v) is 6.03. The fourth-order valence-electron chi connectivity index (χ4n) is 1.56. The van der Waals surface area contributed by atoms with Crippen molar-refractivity contribution in [2.45, 2.75) is 13.1 Å². The Balaban J connectivity index is 2.03. The third-order valence-electron chi connectivity index (χ3n) is 2.61. The number of hydrogen-bond donors (Lipinski definition) is 2. The minimum absolute atomic E-state index is 0.184. The Labute approximate surface area is 114 Å². The summed E-state index contributed by atoms with van der Waals surface area (Å²) in [5.41, 5.74) is 0.767. The molecular formula is C12H15N5O3. The third kappa shape index (κ3) is 3.51. The monoisotopic (exact) mass is 277 g/mol. The lowest BCUT2D eigenvalue weighted by atomic mass is 10.3. The molecule has 0 aliphatic rings. The molecule has 0 spiro atoms. The van der Waals surface area contributed by atoms with Crippen LogP contribution in [0.15, 0.2) is 29.3 Å². The summed E-state index contributed by atoms with van der Waals surface area (Å²) >= 11 is 0. The predicted molar refractivity (Wildman–Crippen MR) is 70.1 cm³/mol. The Morgan fingerprint density at radius 1 is 1.50 bits per heavy atom. The predicted octanol–water partition coefficient (Wildman–Crippen LogP) is -0.457. The van der Waals surface area contributed by atoms with E-state index in [1.807, 2.05) is 0 Å². The summed E-state index contributed by atoms with van der Waals surface area (Å²) in [7, 11) is 1.53. The number of carbonyl (C=O) groups excluding carboxylic acids is 1. The molecule has 0 atom stereocenters. The van der Waals surface area contributed by atoms with Crippen molar-refractivity contribution in [1.82, 2.24) is 25.3 Å². The second-order valence-corrected chi connectivity index (χ2v) is 4.06. The molecule has 0 radical (unpaired) electrons. The van der Waals surface area contributed by atoms with E-state index in [4.69, 9.17) is 4.74 Å². The van der Waals surface area contributed by atoms with Gasteiger partial charge in [0.2, 0.25) is 0 Å². The third-order valence-corrected chi connectivity index (χ3v) is 2.61. The van der Waals surface area contributed by atoms with Gasteiger partial charge in [-0.25, -0.2) is 4.68 Å². The number of H-pyrrole nitrogens is 1. The molecule has 20 heavy (non-hydrogen) atoms. The highest BCUT2D eigenvalue weighted by atomic mass is 16.5. The highest BCUT2D eigenvalue weighted by Gasteiger charge is 2.09. The molecule has 1 amide bonds. The summed E-state index contributed by atoms with van der Waals surface area (Å²) < 4.78 is 6.09. The van der Waals surface area contributed by atoms with Crippen LogP contribution >= 0.6 is 0 Å². The molecule has 0 bridgehead atoms. The maximum absolute atomic E-state index is 11.9. The zero-order valence-electron chi connectivity index (χ0n) is 11.0. The van der Waals surface area contributed by atoms with Gasteiger partial charge in [0.05, 0.1) is 19.3 Å². The van der Waals surface area contributed by atoms with E-state index in [2.05, 4.69) is 20.6 Å². The van der Waals surface area contributed by atoms with E-state index in [9.17, 15) is 9.59 Å². The minimum Gasteiger partial charge on any atom is -0.383 e. The quantitative estimate of drug-likeness (QED) is 0.744. The number of hydrogen-bond acceptors (Lipinski definition) is 5. The number of nitrogens with one attached hydrogen (secondary N) is 2. The van der Waals surface area contributed by atoms with Gasteiger partial charge < -0.3 is 10.1 Å². The largest absolute Gasteiger partial charge is 0.383 e. The van der Waals surface area contributed by atoms with Crippen LogP contribution in [0.4, 0.5) is 0 Å². The van der Waals surface area contributed by atoms with Crippen LogP contribution in [0.25, 0.3) is 0 Å². The van der Waals surface area contributed by atoms with Crippen LogP contribution in [-0.4, -0.2) is 39.6 Å². The normalized spacial score (nSPS) is 10.4. The molecule has 0 saturated carbocycles. The number of methoxy groups -OCH3 is 1. The van der Waals surface area contributed by atoms with Crippen molar-refractivity contribution < 1.29 is 9.53 Å². The molecule has 0 saturated heterocycles. The van der Waals surface area contributed by atoms with E-state index in [1.165, 1.54) is 23.9 Å². The lowest BCUT2D eigenvalue weighted by molar-refractivity contribution is 0.0942. The average molecular weight is 277 g/mol. The molecule has 2 aromatic heterocycles. The van der Waals surface area contributed by atoms with Gasteiger partial charge in [-0.2, -0.15) is 10.2 Å². The summed E-state index contributed by atoms with van der Waals surface area (Å²) in [6.07, 6.45) is 3.31. The van der Waals surface area contributed by atoms with Crippen LogP contribution in [0.5, 0.6) is 0 Å². The molecule has 2 aromatic rings. The second-order valence-electron chi connectivity index (χ2n) is 4.06. The number of amides is 1. The lowest BCUT2D eigenvalue weighted by Gasteiger charge is -2.06. The van der Waals surface area contributed by atoms with Gasteiger partial charge in [-0.1, -0.05) is 0 Å². The molecule has 2 N–H and O–H groups in total. The molecule has 8 nitrogen and oxygen atoms in total. The molecule has 0 aliphatic heterocycles. The van der Waals surface area contributed by atoms with Gasteiger partial charge >= 0.3 is 0 Å². The van der Waals surface area contributed by atoms with E-state index in [0.717, 1.165) is 5.56 Å². The highest BCUT2D eigenvalue weighted by molar-refractivity contribution is 5.91. The van der Waals surface area contributed by atoms with Gasteiger partial charge in [0.25, 0.3) is 11.5 Å². The van der Waals surface area contributed by atoms with Crippen molar-refractivity contribution >= 4 is 5.91 Å². The average Bonchev–Trinajstić information content (AvgIpc) is 2.97. The fraction of sp³-hybridized carbons (Fsp3) is 0.333. The standard InChI is InChI=1S/C12H15N5O3/c1-20-5-4-17-11(18)3-2-10(16-17)12(19)13-6-9-7-14-15-8-9/h2-3,7-8H,4-6H2,1H3,(H,13,19)(H,14,15). The van der Waals surface area contributed by atoms with Gasteiger partial charge in [-0.3, -0.25) is 14.7 Å². The number of carbonyl (C=O) groups is 1. The zero-order valence-corrected chi connectivity index (χ0v) is 11.0. The first-order valence-electron chi connectivity index (χ1n) is 6.03. The second kappa shape index (κ2) is 6.62. The summed E-state index contributed by atoms with van der Waals surface area (Å²) in [6, 6.07) is 2.71. The molecular weight excluding hydrogens is 262 g/mol. The maximum atomic E-state index is 11.9. The van der Waals surface area contributed by atoms with E-state index in [0.29, 0.717) is 19.7 Å². The van der Waals surface area contributed by atoms with E-state index in [1.54, 1.807) is 12.4 Å². The molecule has 0 unspecified atom stereocenters. The fourth-order valence-corrected chi connectivity index (χ4v) is 1.56. The molecule has 106 valence electrons. The van der Waals surface area contributed by atoms with Crippen LogP contribution in [0, 0.1) is 0 Å². The molecule has 0 fully saturated rings. The Kier molecular flexibility index (Phi) is 4.61. The summed E-state index contributed by atoms with van der Waals surface area (Å²) in [4.78, 5) is 23.5. The topological polar surface area (TPSA) is 102 Å². The highest BCUT2D eigenvalue weighted by Crippen LogP contribution is 1.95. The summed E-state index contributed by atoms with van der Waals surface area (Å²) in [5, 5.41) is 13.1. The van der Waals surface area contributed by atoms with Gasteiger partial charge in [0.15, 0.2) is 0 Å². The van der Waals surface area contributed by atoms with Crippen LogP contribution in [-0.2, 0) is 17.8 Å². The van der Waals surface area contributed by atoms with E-state index in [-0.39, 0.29) is 17.2 Å². The van der Waals surface area contributed by atoms with Crippen molar-refractivity contribution in [3.63, 3.8) is 0 Å². The molecule has 2 heterocycles. The smallest absolute Gasteiger partial charge is 0.271 e. The number of aromatic nitrogens is 4. The maximum Gasteiger partial charge on any atom is 0.271 e. The van der Waals surface area contributed by atoms with Gasteiger partial charge in [-0.05, 0) is 6.07 Å². The first kappa shape index (κ1) is 13.9. The molecule has 8 heteroatoms. The first-order chi connectivity index (χ1) is 9.70. The van der Waals surface area contributed by atoms with E-state index >= 15 is 0 Å². The number of nitrogens with zero attached hydrogens (tertiary/aromatic N) is 3. The Hall–Kier alpha value is -2.48. The number of aromatic amines is 1. The Bertz CT molecular complexity index is 620. The van der Waals surface area contributed by atoms with Crippen molar-refractivity contribution in [3.8, 4) is 0 Å². The van der Waals surface area contributed by atoms with Crippen LogP contribution in [0.2, 0.25) is 0 Å². The van der Waals surface area contributed by atoms with E-state index < -0.39 is 0 Å².